The number of thiazole rings is 1. The molecule has 6 nitrogen and oxygen atoms in total. The molecule has 0 aliphatic carbocycles. The maximum Gasteiger partial charge on any atom is 0.250 e. The van der Waals surface area contributed by atoms with E-state index in [0.29, 0.717) is 16.6 Å². The summed E-state index contributed by atoms with van der Waals surface area (Å²) in [6, 6.07) is 5.45. The molecule has 0 bridgehead atoms. The number of nitrogens with one attached hydrogen (secondary N) is 1. The monoisotopic (exact) mass is 373 g/mol. The smallest absolute Gasteiger partial charge is 0.250 e. The lowest BCUT2D eigenvalue weighted by Crippen LogP contribution is -2.29. The third-order valence-corrected chi connectivity index (χ3v) is 5.34. The van der Waals surface area contributed by atoms with Gasteiger partial charge in [0.2, 0.25) is 5.91 Å². The summed E-state index contributed by atoms with van der Waals surface area (Å²) in [5.41, 5.74) is 1.88. The van der Waals surface area contributed by atoms with Crippen LogP contribution in [0, 0.1) is 0 Å². The number of rotatable bonds is 6. The third-order valence-electron chi connectivity index (χ3n) is 4.34. The lowest BCUT2D eigenvalue weighted by atomic mass is 10.1. The van der Waals surface area contributed by atoms with E-state index in [2.05, 4.69) is 22.1 Å². The van der Waals surface area contributed by atoms with Crippen LogP contribution in [0.25, 0.3) is 6.08 Å². The minimum Gasteiger partial charge on any atom is -0.497 e. The Morgan fingerprint density at radius 1 is 1.38 bits per heavy atom. The SMILES string of the molecule is CCN1CCc2nc(NC(=O)/C=C/c3cc(OC)ccc3OC)sc2C1. The first-order chi connectivity index (χ1) is 12.6. The Morgan fingerprint density at radius 2 is 2.23 bits per heavy atom. The van der Waals surface area contributed by atoms with Crippen LogP contribution in [0.5, 0.6) is 11.5 Å². The topological polar surface area (TPSA) is 63.7 Å². The van der Waals surface area contributed by atoms with Gasteiger partial charge in [-0.1, -0.05) is 6.92 Å². The molecule has 1 N–H and O–H groups in total. The van der Waals surface area contributed by atoms with Crippen LogP contribution in [0.1, 0.15) is 23.1 Å². The van der Waals surface area contributed by atoms with Gasteiger partial charge in [-0.2, -0.15) is 0 Å². The van der Waals surface area contributed by atoms with Crippen molar-refractivity contribution in [1.29, 1.82) is 0 Å². The molecule has 0 unspecified atom stereocenters. The number of hydrogen-bond donors (Lipinski definition) is 1. The molecular formula is C19H23N3O3S. The van der Waals surface area contributed by atoms with Gasteiger partial charge < -0.3 is 9.47 Å². The fourth-order valence-corrected chi connectivity index (χ4v) is 3.91. The molecule has 2 aromatic rings. The van der Waals surface area contributed by atoms with Crippen LogP contribution >= 0.6 is 11.3 Å². The fourth-order valence-electron chi connectivity index (χ4n) is 2.85. The van der Waals surface area contributed by atoms with Gasteiger partial charge in [0.05, 0.1) is 19.9 Å². The van der Waals surface area contributed by atoms with Gasteiger partial charge in [0.25, 0.3) is 0 Å². The number of likely N-dealkylation sites (N-methyl/N-ethyl adjacent to an activating group) is 1. The van der Waals surface area contributed by atoms with E-state index < -0.39 is 0 Å². The second-order valence-corrected chi connectivity index (χ2v) is 7.02. The summed E-state index contributed by atoms with van der Waals surface area (Å²) in [6.45, 7) is 5.13. The molecule has 1 aliphatic rings. The number of hydrogen-bond acceptors (Lipinski definition) is 6. The Morgan fingerprint density at radius 3 is 2.96 bits per heavy atom. The first-order valence-corrected chi connectivity index (χ1v) is 9.36. The molecular weight excluding hydrogens is 350 g/mol. The van der Waals surface area contributed by atoms with Gasteiger partial charge in [0, 0.05) is 36.0 Å². The number of amides is 1. The summed E-state index contributed by atoms with van der Waals surface area (Å²) in [6.07, 6.45) is 4.13. The van der Waals surface area contributed by atoms with Gasteiger partial charge in [-0.15, -0.1) is 11.3 Å². The standard InChI is InChI=1S/C19H23N3O3S/c1-4-22-10-9-15-17(12-22)26-19(20-15)21-18(23)8-5-13-11-14(24-2)6-7-16(13)25-3/h5-8,11H,4,9-10,12H2,1-3H3,(H,20,21,23)/b8-5+. The zero-order valence-corrected chi connectivity index (χ0v) is 16.1. The molecule has 1 aromatic heterocycles. The van der Waals surface area contributed by atoms with Crippen LogP contribution in [0.4, 0.5) is 5.13 Å². The van der Waals surface area contributed by atoms with Crippen molar-refractivity contribution in [3.8, 4) is 11.5 Å². The third kappa shape index (κ3) is 4.23. The van der Waals surface area contributed by atoms with Gasteiger partial charge >= 0.3 is 0 Å². The summed E-state index contributed by atoms with van der Waals surface area (Å²) < 4.78 is 10.5. The summed E-state index contributed by atoms with van der Waals surface area (Å²) in [5, 5.41) is 3.51. The zero-order valence-electron chi connectivity index (χ0n) is 15.2. The highest BCUT2D eigenvalue weighted by Crippen LogP contribution is 2.28. The number of methoxy groups -OCH3 is 2. The van der Waals surface area contributed by atoms with Crippen LogP contribution in [-0.2, 0) is 17.8 Å². The Kier molecular flexibility index (Phi) is 5.90. The van der Waals surface area contributed by atoms with E-state index in [4.69, 9.17) is 9.47 Å². The van der Waals surface area contributed by atoms with Crippen LogP contribution in [0.15, 0.2) is 24.3 Å². The van der Waals surface area contributed by atoms with E-state index >= 15 is 0 Å². The van der Waals surface area contributed by atoms with Crippen LogP contribution in [-0.4, -0.2) is 43.1 Å². The van der Waals surface area contributed by atoms with Crippen molar-refractivity contribution < 1.29 is 14.3 Å². The molecule has 1 amide bonds. The predicted molar refractivity (Wildman–Crippen MR) is 104 cm³/mol. The number of fused-ring (bicyclic) bond motifs is 1. The highest BCUT2D eigenvalue weighted by molar-refractivity contribution is 7.15. The molecule has 0 spiro atoms. The number of aromatic nitrogens is 1. The van der Waals surface area contributed by atoms with Crippen molar-refractivity contribution >= 4 is 28.5 Å². The maximum atomic E-state index is 12.3. The summed E-state index contributed by atoms with van der Waals surface area (Å²) >= 11 is 1.55. The number of nitrogens with zero attached hydrogens (tertiary/aromatic N) is 2. The van der Waals surface area contributed by atoms with Crippen molar-refractivity contribution in [2.45, 2.75) is 19.9 Å². The molecule has 26 heavy (non-hydrogen) atoms. The molecule has 1 aliphatic heterocycles. The first kappa shape index (κ1) is 18.4. The molecule has 0 saturated carbocycles. The number of carbonyl (C=O) groups is 1. The fraction of sp³-hybridized carbons (Fsp3) is 0.368. The molecule has 2 heterocycles. The molecule has 7 heteroatoms. The van der Waals surface area contributed by atoms with E-state index in [1.165, 1.54) is 11.0 Å². The highest BCUT2D eigenvalue weighted by atomic mass is 32.1. The van der Waals surface area contributed by atoms with Crippen molar-refractivity contribution in [3.63, 3.8) is 0 Å². The Balaban J connectivity index is 1.68. The van der Waals surface area contributed by atoms with Gasteiger partial charge in [0.15, 0.2) is 5.13 Å². The Bertz CT molecular complexity index is 816. The van der Waals surface area contributed by atoms with Crippen molar-refractivity contribution in [2.75, 3.05) is 32.6 Å². The van der Waals surface area contributed by atoms with Crippen molar-refractivity contribution in [2.24, 2.45) is 0 Å². The molecule has 3 rings (SSSR count). The summed E-state index contributed by atoms with van der Waals surface area (Å²) in [5.74, 6) is 1.17. The Labute approximate surface area is 157 Å². The van der Waals surface area contributed by atoms with Crippen molar-refractivity contribution in [1.82, 2.24) is 9.88 Å². The summed E-state index contributed by atoms with van der Waals surface area (Å²) in [4.78, 5) is 20.4. The Hall–Kier alpha value is -2.38. The molecule has 0 saturated heterocycles. The average molecular weight is 373 g/mol. The predicted octanol–water partition coefficient (Wildman–Crippen LogP) is 3.19. The van der Waals surface area contributed by atoms with E-state index in [0.717, 1.165) is 37.3 Å². The second-order valence-electron chi connectivity index (χ2n) is 5.94. The van der Waals surface area contributed by atoms with Gasteiger partial charge in [-0.05, 0) is 30.8 Å². The normalized spacial score (nSPS) is 14.3. The lowest BCUT2D eigenvalue weighted by Gasteiger charge is -2.23. The lowest BCUT2D eigenvalue weighted by molar-refractivity contribution is -0.111. The zero-order chi connectivity index (χ0) is 18.5. The first-order valence-electron chi connectivity index (χ1n) is 8.55. The van der Waals surface area contributed by atoms with Gasteiger partial charge in [0.1, 0.15) is 11.5 Å². The molecule has 138 valence electrons. The largest absolute Gasteiger partial charge is 0.497 e. The number of carbonyl (C=O) groups excluding carboxylic acids is 1. The van der Waals surface area contributed by atoms with Gasteiger partial charge in [-0.3, -0.25) is 15.0 Å². The molecule has 0 atom stereocenters. The van der Waals surface area contributed by atoms with E-state index in [1.54, 1.807) is 31.6 Å². The van der Waals surface area contributed by atoms with Crippen molar-refractivity contribution in [3.05, 3.63) is 40.4 Å². The van der Waals surface area contributed by atoms with E-state index in [9.17, 15) is 4.79 Å². The molecule has 1 aromatic carbocycles. The van der Waals surface area contributed by atoms with E-state index in [1.807, 2.05) is 18.2 Å². The van der Waals surface area contributed by atoms with Gasteiger partial charge in [-0.25, -0.2) is 4.98 Å². The van der Waals surface area contributed by atoms with Crippen LogP contribution in [0.3, 0.4) is 0 Å². The minimum absolute atomic E-state index is 0.215. The second kappa shape index (κ2) is 8.33. The molecule has 0 fully saturated rings. The quantitative estimate of drug-likeness (QED) is 0.788. The number of anilines is 1. The molecule has 0 radical (unpaired) electrons. The summed E-state index contributed by atoms with van der Waals surface area (Å²) in [7, 11) is 3.20. The average Bonchev–Trinajstić information content (AvgIpc) is 3.07. The number of ether oxygens (including phenoxy) is 2. The maximum absolute atomic E-state index is 12.3. The minimum atomic E-state index is -0.215. The van der Waals surface area contributed by atoms with E-state index in [-0.39, 0.29) is 5.91 Å². The van der Waals surface area contributed by atoms with Crippen LogP contribution < -0.4 is 14.8 Å². The van der Waals surface area contributed by atoms with Crippen LogP contribution in [0.2, 0.25) is 0 Å². The highest BCUT2D eigenvalue weighted by Gasteiger charge is 2.20. The number of benzene rings is 1.